The number of benzene rings is 2. The maximum atomic E-state index is 12.3. The monoisotopic (exact) mass is 423 g/mol. The quantitative estimate of drug-likeness (QED) is 0.520. The van der Waals surface area contributed by atoms with E-state index in [4.69, 9.17) is 37.4 Å². The molecule has 0 bridgehead atoms. The average molecular weight is 424 g/mol. The lowest BCUT2D eigenvalue weighted by Crippen LogP contribution is -2.29. The lowest BCUT2D eigenvalue weighted by Gasteiger charge is -2.15. The number of carbonyl (C=O) groups excluding carboxylic acids is 2. The third kappa shape index (κ3) is 5.90. The van der Waals surface area contributed by atoms with Gasteiger partial charge in [0, 0.05) is 12.1 Å². The molecular formula is C20H19Cl2NO5. The molecule has 28 heavy (non-hydrogen) atoms. The number of esters is 1. The summed E-state index contributed by atoms with van der Waals surface area (Å²) in [4.78, 5) is 24.3. The van der Waals surface area contributed by atoms with Crippen LogP contribution in [0.1, 0.15) is 12.5 Å². The van der Waals surface area contributed by atoms with E-state index in [0.717, 1.165) is 0 Å². The van der Waals surface area contributed by atoms with Crippen LogP contribution in [0.5, 0.6) is 11.5 Å². The maximum Gasteiger partial charge on any atom is 0.331 e. The van der Waals surface area contributed by atoms with Gasteiger partial charge in [0.1, 0.15) is 11.5 Å². The second-order valence-electron chi connectivity index (χ2n) is 5.64. The summed E-state index contributed by atoms with van der Waals surface area (Å²) in [5.74, 6) is -0.188. The van der Waals surface area contributed by atoms with Gasteiger partial charge in [-0.05, 0) is 42.8 Å². The minimum Gasteiger partial charge on any atom is -0.497 e. The molecule has 2 aromatic carbocycles. The summed E-state index contributed by atoms with van der Waals surface area (Å²) in [6.45, 7) is 1.47. The highest BCUT2D eigenvalue weighted by Crippen LogP contribution is 2.29. The molecule has 6 nitrogen and oxygen atoms in total. The van der Waals surface area contributed by atoms with Gasteiger partial charge in [0.2, 0.25) is 0 Å². The molecule has 8 heteroatoms. The fraction of sp³-hybridized carbons (Fsp3) is 0.200. The van der Waals surface area contributed by atoms with E-state index in [1.807, 2.05) is 0 Å². The van der Waals surface area contributed by atoms with E-state index < -0.39 is 18.0 Å². The number of rotatable bonds is 7. The molecular weight excluding hydrogens is 405 g/mol. The van der Waals surface area contributed by atoms with Crippen LogP contribution in [0.3, 0.4) is 0 Å². The Hall–Kier alpha value is -2.70. The third-order valence-corrected chi connectivity index (χ3v) is 4.42. The first-order valence-corrected chi connectivity index (χ1v) is 8.96. The van der Waals surface area contributed by atoms with Crippen LogP contribution in [0, 0.1) is 0 Å². The molecule has 0 saturated carbocycles. The summed E-state index contributed by atoms with van der Waals surface area (Å²) in [6, 6.07) is 9.89. The first kappa shape index (κ1) is 21.6. The van der Waals surface area contributed by atoms with Crippen molar-refractivity contribution in [3.8, 4) is 11.5 Å². The van der Waals surface area contributed by atoms with Gasteiger partial charge in [-0.1, -0.05) is 29.3 Å². The average Bonchev–Trinajstić information content (AvgIpc) is 2.68. The highest BCUT2D eigenvalue weighted by Gasteiger charge is 2.18. The predicted octanol–water partition coefficient (Wildman–Crippen LogP) is 4.59. The summed E-state index contributed by atoms with van der Waals surface area (Å²) < 4.78 is 15.5. The topological polar surface area (TPSA) is 73.9 Å². The van der Waals surface area contributed by atoms with Crippen LogP contribution in [-0.4, -0.2) is 32.2 Å². The number of amides is 1. The Bertz CT molecular complexity index is 898. The second kappa shape index (κ2) is 10.0. The van der Waals surface area contributed by atoms with Gasteiger partial charge in [0.15, 0.2) is 6.10 Å². The minimum atomic E-state index is -1.03. The first-order chi connectivity index (χ1) is 13.3. The molecule has 0 heterocycles. The lowest BCUT2D eigenvalue weighted by atomic mass is 10.2. The number of halogens is 2. The van der Waals surface area contributed by atoms with Crippen molar-refractivity contribution in [1.82, 2.24) is 0 Å². The summed E-state index contributed by atoms with van der Waals surface area (Å²) >= 11 is 11.8. The van der Waals surface area contributed by atoms with Gasteiger partial charge < -0.3 is 19.5 Å². The van der Waals surface area contributed by atoms with Crippen LogP contribution in [0.15, 0.2) is 42.5 Å². The highest BCUT2D eigenvalue weighted by atomic mass is 35.5. The Morgan fingerprint density at radius 1 is 1.04 bits per heavy atom. The first-order valence-electron chi connectivity index (χ1n) is 8.20. The Kier molecular flexibility index (Phi) is 7.72. The van der Waals surface area contributed by atoms with Crippen molar-refractivity contribution < 1.29 is 23.8 Å². The van der Waals surface area contributed by atoms with E-state index in [2.05, 4.69) is 5.32 Å². The Morgan fingerprint density at radius 3 is 2.43 bits per heavy atom. The van der Waals surface area contributed by atoms with Gasteiger partial charge in [0.25, 0.3) is 5.91 Å². The van der Waals surface area contributed by atoms with E-state index in [-0.39, 0.29) is 0 Å². The Morgan fingerprint density at radius 2 is 1.79 bits per heavy atom. The summed E-state index contributed by atoms with van der Waals surface area (Å²) in [7, 11) is 2.99. The fourth-order valence-corrected chi connectivity index (χ4v) is 2.50. The number of hydrogen-bond acceptors (Lipinski definition) is 5. The van der Waals surface area contributed by atoms with E-state index >= 15 is 0 Å². The fourth-order valence-electron chi connectivity index (χ4n) is 2.19. The third-order valence-electron chi connectivity index (χ3n) is 3.68. The van der Waals surface area contributed by atoms with Crippen molar-refractivity contribution in [2.24, 2.45) is 0 Å². The molecule has 1 amide bonds. The standard InChI is InChI=1S/C20H19Cl2NO5/c1-12(20(25)23-17-11-14(26-2)6-8-18(17)27-3)28-19(24)9-5-13-4-7-15(21)16(22)10-13/h4-12H,1-3H3,(H,23,25)/b9-5+. The van der Waals surface area contributed by atoms with E-state index in [9.17, 15) is 9.59 Å². The lowest BCUT2D eigenvalue weighted by molar-refractivity contribution is -0.148. The van der Waals surface area contributed by atoms with Gasteiger partial charge in [-0.2, -0.15) is 0 Å². The SMILES string of the molecule is COc1ccc(OC)c(NC(=O)C(C)OC(=O)/C=C/c2ccc(Cl)c(Cl)c2)c1. The van der Waals surface area contributed by atoms with E-state index in [1.165, 1.54) is 33.3 Å². The molecule has 0 aromatic heterocycles. The van der Waals surface area contributed by atoms with Crippen molar-refractivity contribution in [3.63, 3.8) is 0 Å². The van der Waals surface area contributed by atoms with Crippen molar-refractivity contribution in [3.05, 3.63) is 58.1 Å². The molecule has 1 unspecified atom stereocenters. The number of anilines is 1. The summed E-state index contributed by atoms with van der Waals surface area (Å²) in [5.41, 5.74) is 1.07. The minimum absolute atomic E-state index is 0.372. The zero-order valence-electron chi connectivity index (χ0n) is 15.5. The van der Waals surface area contributed by atoms with Crippen LogP contribution < -0.4 is 14.8 Å². The largest absolute Gasteiger partial charge is 0.497 e. The molecule has 148 valence electrons. The molecule has 2 aromatic rings. The number of nitrogens with one attached hydrogen (secondary N) is 1. The van der Waals surface area contributed by atoms with Crippen LogP contribution in [0.2, 0.25) is 10.0 Å². The van der Waals surface area contributed by atoms with Crippen molar-refractivity contribution >= 4 is 46.8 Å². The number of ether oxygens (including phenoxy) is 3. The Balaban J connectivity index is 1.99. The van der Waals surface area contributed by atoms with Gasteiger partial charge >= 0.3 is 5.97 Å². The molecule has 1 N–H and O–H groups in total. The van der Waals surface area contributed by atoms with E-state index in [1.54, 1.807) is 36.4 Å². The molecule has 2 rings (SSSR count). The molecule has 0 aliphatic heterocycles. The maximum absolute atomic E-state index is 12.3. The number of hydrogen-bond donors (Lipinski definition) is 1. The zero-order valence-corrected chi connectivity index (χ0v) is 17.0. The highest BCUT2D eigenvalue weighted by molar-refractivity contribution is 6.42. The molecule has 0 radical (unpaired) electrons. The molecule has 0 fully saturated rings. The molecule has 0 aliphatic carbocycles. The summed E-state index contributed by atoms with van der Waals surface area (Å²) in [5, 5.41) is 3.44. The van der Waals surface area contributed by atoms with Crippen LogP contribution in [-0.2, 0) is 14.3 Å². The zero-order chi connectivity index (χ0) is 20.7. The van der Waals surface area contributed by atoms with Gasteiger partial charge in [-0.15, -0.1) is 0 Å². The van der Waals surface area contributed by atoms with Crippen LogP contribution in [0.25, 0.3) is 6.08 Å². The van der Waals surface area contributed by atoms with Crippen molar-refractivity contribution in [2.75, 3.05) is 19.5 Å². The van der Waals surface area contributed by atoms with Gasteiger partial charge in [0.05, 0.1) is 30.0 Å². The summed E-state index contributed by atoms with van der Waals surface area (Å²) in [6.07, 6.45) is 1.69. The van der Waals surface area contributed by atoms with Crippen molar-refractivity contribution in [1.29, 1.82) is 0 Å². The second-order valence-corrected chi connectivity index (χ2v) is 6.46. The molecule has 0 saturated heterocycles. The normalized spacial score (nSPS) is 11.8. The molecule has 1 atom stereocenters. The van der Waals surface area contributed by atoms with Crippen molar-refractivity contribution in [2.45, 2.75) is 13.0 Å². The molecule has 0 spiro atoms. The van der Waals surface area contributed by atoms with Crippen LogP contribution in [0.4, 0.5) is 5.69 Å². The Labute approximate surface area is 173 Å². The van der Waals surface area contributed by atoms with E-state index in [0.29, 0.717) is 32.8 Å². The van der Waals surface area contributed by atoms with Crippen LogP contribution >= 0.6 is 23.2 Å². The smallest absolute Gasteiger partial charge is 0.331 e. The number of carbonyl (C=O) groups is 2. The molecule has 0 aliphatic rings. The van der Waals surface area contributed by atoms with Gasteiger partial charge in [-0.3, -0.25) is 4.79 Å². The number of methoxy groups -OCH3 is 2. The van der Waals surface area contributed by atoms with Gasteiger partial charge in [-0.25, -0.2) is 4.79 Å². The predicted molar refractivity (Wildman–Crippen MR) is 109 cm³/mol.